The van der Waals surface area contributed by atoms with E-state index in [2.05, 4.69) is 21.0 Å². The molecule has 12 heteroatoms. The minimum absolute atomic E-state index is 0.237. The number of hydrazine groups is 2. The van der Waals surface area contributed by atoms with E-state index in [9.17, 15) is 9.59 Å². The molecule has 6 aromatic rings. The lowest BCUT2D eigenvalue weighted by Crippen LogP contribution is -2.39. The quantitative estimate of drug-likeness (QED) is 0.146. The fourth-order valence-corrected chi connectivity index (χ4v) is 6.00. The summed E-state index contributed by atoms with van der Waals surface area (Å²) >= 11 is 0. The van der Waals surface area contributed by atoms with E-state index in [1.165, 1.54) is 10.0 Å². The predicted octanol–water partition coefficient (Wildman–Crippen LogP) is 6.96. The van der Waals surface area contributed by atoms with E-state index in [0.29, 0.717) is 45.6 Å². The maximum Gasteiger partial charge on any atom is 0.297 e. The molecule has 5 aromatic carbocycles. The first-order chi connectivity index (χ1) is 26.5. The second-order valence-corrected chi connectivity index (χ2v) is 12.2. The van der Waals surface area contributed by atoms with Crippen molar-refractivity contribution in [3.63, 3.8) is 0 Å². The van der Waals surface area contributed by atoms with Crippen LogP contribution in [0.5, 0.6) is 11.5 Å². The number of nitrogens with one attached hydrogen (secondary N) is 2. The van der Waals surface area contributed by atoms with Crippen LogP contribution in [0, 0.1) is 0 Å². The lowest BCUT2D eigenvalue weighted by Gasteiger charge is -2.23. The van der Waals surface area contributed by atoms with Gasteiger partial charge in [0.2, 0.25) is 0 Å². The Balaban J connectivity index is 1.13. The van der Waals surface area contributed by atoms with Gasteiger partial charge in [-0.1, -0.05) is 109 Å². The van der Waals surface area contributed by atoms with Crippen LogP contribution in [0.3, 0.4) is 0 Å². The number of hydrogen-bond acceptors (Lipinski definition) is 10. The Labute approximate surface area is 310 Å². The molecular formula is C42H32N8O4. The zero-order chi connectivity index (χ0) is 37.0. The second-order valence-electron chi connectivity index (χ2n) is 12.2. The van der Waals surface area contributed by atoms with Crippen molar-refractivity contribution in [2.24, 2.45) is 9.98 Å². The average Bonchev–Trinajstić information content (AvgIpc) is 3.70. The zero-order valence-corrected chi connectivity index (χ0v) is 29.2. The number of carbonyl (C=O) groups is 2. The summed E-state index contributed by atoms with van der Waals surface area (Å²) in [6, 6.07) is 41.0. The number of aliphatic imine (C=N–C) groups is 2. The second kappa shape index (κ2) is 14.6. The monoisotopic (exact) mass is 712 g/mol. The van der Waals surface area contributed by atoms with E-state index >= 15 is 0 Å². The molecule has 0 unspecified atom stereocenters. The van der Waals surface area contributed by atoms with E-state index in [1.807, 2.05) is 133 Å². The molecular weight excluding hydrogens is 681 g/mol. The first-order valence-corrected chi connectivity index (χ1v) is 17.0. The van der Waals surface area contributed by atoms with E-state index < -0.39 is 0 Å². The molecule has 2 N–H and O–H groups in total. The largest absolute Gasteiger partial charge is 0.497 e. The molecule has 1 aromatic heterocycles. The van der Waals surface area contributed by atoms with E-state index in [4.69, 9.17) is 19.5 Å². The van der Waals surface area contributed by atoms with Gasteiger partial charge in [0.25, 0.3) is 11.8 Å². The van der Waals surface area contributed by atoms with E-state index in [0.717, 1.165) is 22.3 Å². The molecule has 12 nitrogen and oxygen atoms in total. The minimum atomic E-state index is -0.375. The maximum atomic E-state index is 14.0. The van der Waals surface area contributed by atoms with Gasteiger partial charge in [0.05, 0.1) is 14.2 Å². The number of carbonyl (C=O) groups excluding carboxylic acids is 2. The van der Waals surface area contributed by atoms with E-state index in [-0.39, 0.29) is 23.2 Å². The van der Waals surface area contributed by atoms with E-state index in [1.54, 1.807) is 26.4 Å². The fraction of sp³-hybridized carbons (Fsp3) is 0.0476. The summed E-state index contributed by atoms with van der Waals surface area (Å²) in [4.78, 5) is 37.4. The number of fused-ring (bicyclic) bond motifs is 1. The van der Waals surface area contributed by atoms with Crippen LogP contribution in [-0.4, -0.2) is 57.9 Å². The Morgan fingerprint density at radius 2 is 0.870 bits per heavy atom. The number of amides is 2. The highest BCUT2D eigenvalue weighted by atomic mass is 16.5. The van der Waals surface area contributed by atoms with Gasteiger partial charge >= 0.3 is 0 Å². The number of hydrogen-bond donors (Lipinski definition) is 2. The Kier molecular flexibility index (Phi) is 9.04. The number of benzene rings is 5. The summed E-state index contributed by atoms with van der Waals surface area (Å²) in [6.45, 7) is 0. The zero-order valence-electron chi connectivity index (χ0n) is 29.2. The molecule has 0 saturated carbocycles. The van der Waals surface area contributed by atoms with Crippen molar-refractivity contribution in [2.75, 3.05) is 25.1 Å². The van der Waals surface area contributed by atoms with Crippen molar-refractivity contribution in [3.8, 4) is 11.5 Å². The van der Waals surface area contributed by atoms with Gasteiger partial charge in [-0.2, -0.15) is 10.0 Å². The Morgan fingerprint density at radius 3 is 1.24 bits per heavy atom. The van der Waals surface area contributed by atoms with Crippen LogP contribution >= 0.6 is 0 Å². The molecule has 2 aliphatic heterocycles. The molecule has 0 atom stereocenters. The summed E-state index contributed by atoms with van der Waals surface area (Å²) < 4.78 is 10.6. The van der Waals surface area contributed by atoms with Gasteiger partial charge in [-0.15, -0.1) is 10.2 Å². The molecule has 0 saturated heterocycles. The standard InChI is InChI=1S/C42H32N8O4/c1-53-31-21-17-27(18-22-31)25-35-41(51)49(39(43-35)29-11-5-3-6-12-29)47-37-33-15-9-10-16-34(33)38(46-45-37)48-50-40(30-13-7-4-8-14-30)44-36(42(50)52)26-28-19-23-32(54-2)24-20-28/h3-26H,1-2H3,(H,45,47)(H,46,48)/b35-25-,36-26+. The highest BCUT2D eigenvalue weighted by Crippen LogP contribution is 2.31. The first kappa shape index (κ1) is 33.5. The van der Waals surface area contributed by atoms with Crippen LogP contribution in [0.4, 0.5) is 11.6 Å². The van der Waals surface area contributed by atoms with Gasteiger partial charge in [-0.05, 0) is 47.5 Å². The molecule has 0 fully saturated rings. The molecule has 264 valence electrons. The molecule has 0 radical (unpaired) electrons. The van der Waals surface area contributed by atoms with Gasteiger partial charge in [-0.25, -0.2) is 9.98 Å². The molecule has 2 amide bonds. The fourth-order valence-electron chi connectivity index (χ4n) is 6.00. The number of amidine groups is 2. The van der Waals surface area contributed by atoms with Gasteiger partial charge in [0.1, 0.15) is 22.9 Å². The number of methoxy groups -OCH3 is 2. The Hall–Kier alpha value is -7.60. The topological polar surface area (TPSA) is 134 Å². The van der Waals surface area contributed by atoms with Crippen LogP contribution in [0.1, 0.15) is 22.3 Å². The lowest BCUT2D eigenvalue weighted by molar-refractivity contribution is -0.122. The summed E-state index contributed by atoms with van der Waals surface area (Å²) in [7, 11) is 3.20. The highest BCUT2D eigenvalue weighted by Gasteiger charge is 2.34. The molecule has 3 heterocycles. The smallest absolute Gasteiger partial charge is 0.297 e. The third-order valence-electron chi connectivity index (χ3n) is 8.75. The number of aromatic nitrogens is 2. The number of ether oxygens (including phenoxy) is 2. The summed E-state index contributed by atoms with van der Waals surface area (Å²) in [5, 5.41) is 13.1. The predicted molar refractivity (Wildman–Crippen MR) is 208 cm³/mol. The first-order valence-electron chi connectivity index (χ1n) is 17.0. The van der Waals surface area contributed by atoms with Crippen LogP contribution in [-0.2, 0) is 9.59 Å². The normalized spacial score (nSPS) is 15.5. The summed E-state index contributed by atoms with van der Waals surface area (Å²) in [6.07, 6.45) is 3.44. The van der Waals surface area contributed by atoms with Gasteiger partial charge in [0, 0.05) is 21.9 Å². The lowest BCUT2D eigenvalue weighted by atomic mass is 10.1. The van der Waals surface area contributed by atoms with Gasteiger partial charge in [-0.3, -0.25) is 20.4 Å². The van der Waals surface area contributed by atoms with Gasteiger partial charge < -0.3 is 9.47 Å². The number of rotatable bonds is 10. The molecule has 0 spiro atoms. The SMILES string of the molecule is COc1ccc(/C=C2\N=C(c3ccccc3)N(Nc3nnc(NN4C(=O)/C(=C\c5ccc(OC)cc5)N=C4c4ccccc4)c4ccccc34)C2=O)cc1. The van der Waals surface area contributed by atoms with Crippen molar-refractivity contribution in [2.45, 2.75) is 0 Å². The van der Waals surface area contributed by atoms with Gasteiger partial charge in [0.15, 0.2) is 23.3 Å². The van der Waals surface area contributed by atoms with Crippen molar-refractivity contribution >= 4 is 58.0 Å². The van der Waals surface area contributed by atoms with Crippen LogP contribution in [0.15, 0.2) is 155 Å². The van der Waals surface area contributed by atoms with Crippen LogP contribution in [0.2, 0.25) is 0 Å². The molecule has 0 bridgehead atoms. The summed E-state index contributed by atoms with van der Waals surface area (Å²) in [5.41, 5.74) is 9.89. The number of anilines is 2. The molecule has 0 aliphatic carbocycles. The third-order valence-corrected chi connectivity index (χ3v) is 8.75. The van der Waals surface area contributed by atoms with Crippen molar-refractivity contribution in [1.29, 1.82) is 0 Å². The maximum absolute atomic E-state index is 14.0. The molecule has 54 heavy (non-hydrogen) atoms. The highest BCUT2D eigenvalue weighted by molar-refractivity contribution is 6.22. The van der Waals surface area contributed by atoms with Crippen molar-refractivity contribution in [3.05, 3.63) is 167 Å². The Morgan fingerprint density at radius 1 is 0.500 bits per heavy atom. The molecule has 2 aliphatic rings. The van der Waals surface area contributed by atoms with Crippen LogP contribution in [0.25, 0.3) is 22.9 Å². The van der Waals surface area contributed by atoms with Crippen molar-refractivity contribution < 1.29 is 19.1 Å². The third kappa shape index (κ3) is 6.62. The van der Waals surface area contributed by atoms with Crippen molar-refractivity contribution in [1.82, 2.24) is 20.2 Å². The minimum Gasteiger partial charge on any atom is -0.497 e. The number of nitrogens with zero attached hydrogens (tertiary/aromatic N) is 6. The average molecular weight is 713 g/mol. The Bertz CT molecular complexity index is 2320. The van der Waals surface area contributed by atoms with Crippen LogP contribution < -0.4 is 20.3 Å². The summed E-state index contributed by atoms with van der Waals surface area (Å²) in [5.74, 6) is 2.08. The molecule has 8 rings (SSSR count).